The molecule has 9 N–H and O–H groups in total. The minimum absolute atomic E-state index is 0.0913. The smallest absolute Gasteiger partial charge is 0.416 e. The van der Waals surface area contributed by atoms with E-state index in [2.05, 4.69) is 58.5 Å². The lowest BCUT2D eigenvalue weighted by Crippen LogP contribution is -2.36. The number of anilines is 2. The molecular weight excluding hydrogens is 1490 g/mol. The van der Waals surface area contributed by atoms with Crippen LogP contribution in [0.25, 0.3) is 0 Å². The Labute approximate surface area is 567 Å². The third-order valence-corrected chi connectivity index (χ3v) is 14.1. The van der Waals surface area contributed by atoms with Crippen molar-refractivity contribution in [3.63, 3.8) is 0 Å². The Morgan fingerprint density at radius 2 is 1.21 bits per heavy atom. The fourth-order valence-corrected chi connectivity index (χ4v) is 9.46. The largest absolute Gasteiger partial charge is 0.778 e. The molecule has 0 bridgehead atoms. The number of nitrogens with zero attached hydrogens (tertiary/aromatic N) is 7. The summed E-state index contributed by atoms with van der Waals surface area (Å²) >= 11 is 5.76. The van der Waals surface area contributed by atoms with Crippen LogP contribution in [-0.4, -0.2) is 190 Å². The number of amides is 6. The molecule has 3 heterocycles. The number of hydrogen-bond acceptors (Lipinski definition) is 27. The average molecular weight is 1550 g/mol. The number of carbonyl (C=O) groups is 6. The standard InChI is InChI=1S/C15H10ClF3N2O6S.C15H18N6O6S.C14H10F4N4O7S.C3H8NO5P.C3H9S/c1-28(25,26)20-14(22)10-7-9(3-4-12(10)21(23)24)27-13-5-2-8(6-11(13)16)15(17,18)19;1-21(2)13(22)9-6-5-7-16-12(9)28(24,25)20-15(23)19-14-17-10(26-3)8-11(18-14)27-4;15-11(16)28-8-5-9(29-12(17)18)20-13(19-8)21-14(25)22-30(26,27)7-4-2-1-3-6(7)10(23)24;5-3(6)1-4-2-10(7,8)9;1-4(2)3/h2-7H,1H3,(H,20,22);5-8H,1-4H3,(H2,17,18,19,20,23);1-5,11-12H,(H,23,24)(H2,19,20,21,22,25);4H,1-2H2,(H,5,6)(H2,7,8,9);1-3H3/q;;;;+1/p-1. The molecule has 0 aliphatic carbocycles. The Hall–Kier alpha value is -10.1. The molecule has 0 aliphatic heterocycles. The van der Waals surface area contributed by atoms with Crippen LogP contribution in [0.3, 0.4) is 0 Å². The zero-order chi connectivity index (χ0) is 76.4. The first-order valence-corrected chi connectivity index (χ1v) is 35.2. The highest BCUT2D eigenvalue weighted by Crippen LogP contribution is 2.37. The number of aromatic carboxylic acids is 1. The number of halogens is 8. The molecule has 0 spiro atoms. The van der Waals surface area contributed by atoms with Gasteiger partial charge in [0.05, 0.1) is 90.8 Å². The van der Waals surface area contributed by atoms with Crippen molar-refractivity contribution in [1.29, 1.82) is 0 Å². The number of hydrogen-bond donors (Lipinski definition) is 9. The lowest BCUT2D eigenvalue weighted by atomic mass is 10.1. The zero-order valence-corrected chi connectivity index (χ0v) is 56.8. The van der Waals surface area contributed by atoms with Crippen LogP contribution in [0, 0.1) is 10.1 Å². The number of carboxylic acids is 2. The molecule has 6 amide bonds. The maximum atomic E-state index is 12.7. The van der Waals surface area contributed by atoms with Gasteiger partial charge in [0.25, 0.3) is 37.5 Å². The summed E-state index contributed by atoms with van der Waals surface area (Å²) in [6.45, 7) is -7.30. The molecule has 50 heteroatoms. The van der Waals surface area contributed by atoms with Gasteiger partial charge < -0.3 is 53.1 Å². The Bertz CT molecular complexity index is 4270. The highest BCUT2D eigenvalue weighted by Gasteiger charge is 2.32. The van der Waals surface area contributed by atoms with Crippen LogP contribution in [0.2, 0.25) is 5.02 Å². The van der Waals surface area contributed by atoms with Crippen LogP contribution in [0.15, 0.2) is 101 Å². The summed E-state index contributed by atoms with van der Waals surface area (Å²) in [6.07, 6.45) is 3.12. The number of sulfonamides is 3. The third kappa shape index (κ3) is 31.2. The molecule has 0 saturated heterocycles. The lowest BCUT2D eigenvalue weighted by molar-refractivity contribution is -0.385. The number of methoxy groups -OCH3 is 2. The molecule has 0 saturated carbocycles. The van der Waals surface area contributed by atoms with E-state index in [9.17, 15) is 104 Å². The van der Waals surface area contributed by atoms with Gasteiger partial charge in [-0.3, -0.25) is 40.4 Å². The number of benzene rings is 3. The first kappa shape index (κ1) is 86.0. The fourth-order valence-electron chi connectivity index (χ4n) is 6.25. The first-order valence-electron chi connectivity index (χ1n) is 25.8. The molecule has 0 radical (unpaired) electrons. The van der Waals surface area contributed by atoms with E-state index in [0.29, 0.717) is 35.3 Å². The molecule has 548 valence electrons. The Morgan fingerprint density at radius 1 is 0.720 bits per heavy atom. The van der Waals surface area contributed by atoms with E-state index in [-0.39, 0.29) is 34.8 Å². The number of rotatable bonds is 23. The number of urea groups is 2. The van der Waals surface area contributed by atoms with Crippen LogP contribution in [0.4, 0.5) is 57.9 Å². The molecule has 6 aromatic rings. The topological polar surface area (TPSA) is 535 Å². The maximum absolute atomic E-state index is 12.7. The van der Waals surface area contributed by atoms with Crippen LogP contribution in [0.5, 0.6) is 35.0 Å². The van der Waals surface area contributed by atoms with Gasteiger partial charge in [-0.05, 0) is 59.4 Å². The average Bonchev–Trinajstić information content (AvgIpc) is 0.824. The van der Waals surface area contributed by atoms with E-state index in [1.807, 2.05) is 5.32 Å². The van der Waals surface area contributed by atoms with Crippen molar-refractivity contribution in [3.05, 3.63) is 129 Å². The molecule has 3 aromatic heterocycles. The summed E-state index contributed by atoms with van der Waals surface area (Å²) < 4.78 is 197. The maximum Gasteiger partial charge on any atom is 0.416 e. The van der Waals surface area contributed by atoms with Gasteiger partial charge in [-0.25, -0.2) is 50.4 Å². The van der Waals surface area contributed by atoms with Crippen LogP contribution < -0.4 is 58.7 Å². The number of pyridine rings is 1. The SMILES string of the molecule is COc1cc(OC)nc(NC(=O)NS(=O)(=O)c2ncccc2C(=O)N(C)C)n1.CS(=O)(=O)NC(=O)c1cc(Oc2ccc(C(F)(F)F)cc2Cl)ccc1[N+](=O)[O-].C[S+](C)C.O=C(Nc1nc(OC(F)F)cc(OC(F)F)n1)NS(=O)(=O)c1ccccc1C(=O)O.O=C(O)CNCP(=O)([O-])O. The van der Waals surface area contributed by atoms with Gasteiger partial charge in [0.1, 0.15) is 29.6 Å². The van der Waals surface area contributed by atoms with E-state index in [1.54, 1.807) is 14.8 Å². The summed E-state index contributed by atoms with van der Waals surface area (Å²) in [5.74, 6) is -7.97. The Kier molecular flexibility index (Phi) is 32.9. The second-order valence-electron chi connectivity index (χ2n) is 18.6. The number of nitro groups is 1. The highest BCUT2D eigenvalue weighted by molar-refractivity contribution is 7.94. The van der Waals surface area contributed by atoms with Crippen molar-refractivity contribution in [2.45, 2.75) is 29.3 Å². The summed E-state index contributed by atoms with van der Waals surface area (Å²) in [5.41, 5.74) is -3.18. The second-order valence-corrected chi connectivity index (χ2v) is 28.0. The molecule has 37 nitrogen and oxygen atoms in total. The predicted molar refractivity (Wildman–Crippen MR) is 332 cm³/mol. The third-order valence-electron chi connectivity index (χ3n) is 9.93. The van der Waals surface area contributed by atoms with Gasteiger partial charge in [0, 0.05) is 32.4 Å². The number of carboxylic acid groups (broad SMARTS) is 2. The minimum Gasteiger partial charge on any atom is -0.778 e. The molecule has 0 fully saturated rings. The van der Waals surface area contributed by atoms with Crippen molar-refractivity contribution in [3.8, 4) is 35.0 Å². The monoisotopic (exact) mass is 1550 g/mol. The lowest BCUT2D eigenvalue weighted by Gasteiger charge is -2.14. The normalized spacial score (nSPS) is 11.7. The fraction of sp³-hybridized carbons (Fsp3) is 0.260. The molecular formula is C50H54ClF7N13O24PS4. The molecule has 100 heavy (non-hydrogen) atoms. The number of nitro benzene ring substituents is 1. The van der Waals surface area contributed by atoms with Crippen LogP contribution >= 0.6 is 19.2 Å². The van der Waals surface area contributed by atoms with E-state index < -0.39 is 166 Å². The van der Waals surface area contributed by atoms with Gasteiger partial charge in [-0.15, -0.1) is 0 Å². The van der Waals surface area contributed by atoms with Gasteiger partial charge >= 0.3 is 43.4 Å². The Balaban J connectivity index is 0.000000464. The van der Waals surface area contributed by atoms with E-state index in [1.165, 1.54) is 74.5 Å². The van der Waals surface area contributed by atoms with Gasteiger partial charge in [-0.1, -0.05) is 23.7 Å². The van der Waals surface area contributed by atoms with Crippen LogP contribution in [-0.2, 0) is 56.5 Å². The summed E-state index contributed by atoms with van der Waals surface area (Å²) in [7, 11) is -11.3. The predicted octanol–water partition coefficient (Wildman–Crippen LogP) is 4.40. The molecule has 0 aliphatic rings. The summed E-state index contributed by atoms with van der Waals surface area (Å²) in [4.78, 5) is 116. The highest BCUT2D eigenvalue weighted by atomic mass is 35.5. The van der Waals surface area contributed by atoms with Gasteiger partial charge in [0.2, 0.25) is 45.4 Å². The molecule has 6 rings (SSSR count). The van der Waals surface area contributed by atoms with Crippen molar-refractivity contribution < 1.29 is 138 Å². The van der Waals surface area contributed by atoms with Gasteiger partial charge in [0.15, 0.2) is 5.03 Å². The van der Waals surface area contributed by atoms with E-state index >= 15 is 0 Å². The Morgan fingerprint density at radius 3 is 1.65 bits per heavy atom. The number of aromatic nitrogens is 5. The van der Waals surface area contributed by atoms with Crippen LogP contribution in [0.1, 0.15) is 36.6 Å². The van der Waals surface area contributed by atoms with Crippen molar-refractivity contribution in [2.75, 3.05) is 76.8 Å². The van der Waals surface area contributed by atoms with E-state index in [0.717, 1.165) is 36.4 Å². The second kappa shape index (κ2) is 38.3. The number of carbonyl (C=O) groups excluding carboxylic acids is 4. The first-order chi connectivity index (χ1) is 46.1. The summed E-state index contributed by atoms with van der Waals surface area (Å²) in [5, 5.41) is 32.9. The molecule has 1 atom stereocenters. The quantitative estimate of drug-likeness (QED) is 0.0141. The minimum atomic E-state index is -4.71. The number of aliphatic carboxylic acids is 1. The number of alkyl halides is 7. The molecule has 3 aromatic carbocycles. The van der Waals surface area contributed by atoms with Crippen molar-refractivity contribution >= 4 is 114 Å². The zero-order valence-electron chi connectivity index (χ0n) is 51.9. The number of ether oxygens (including phenoxy) is 5. The number of nitrogens with one attached hydrogen (secondary N) is 6. The molecule has 1 unspecified atom stereocenters. The van der Waals surface area contributed by atoms with E-state index in [4.69, 9.17) is 40.9 Å². The van der Waals surface area contributed by atoms with Gasteiger partial charge in [-0.2, -0.15) is 59.1 Å². The summed E-state index contributed by atoms with van der Waals surface area (Å²) in [6, 6.07) is 11.2. The van der Waals surface area contributed by atoms with Crippen molar-refractivity contribution in [2.24, 2.45) is 0 Å². The van der Waals surface area contributed by atoms with Crippen molar-refractivity contribution in [1.82, 2.24) is 49.3 Å².